The maximum Gasteiger partial charge on any atom is 0.306 e. The molecule has 5 nitrogen and oxygen atoms in total. The van der Waals surface area contributed by atoms with E-state index >= 15 is 0 Å². The van der Waals surface area contributed by atoms with Gasteiger partial charge in [-0.25, -0.2) is 0 Å². The lowest BCUT2D eigenvalue weighted by atomic mass is 9.82. The molecule has 4 rings (SSSR count). The SMILES string of the molecule is CC(C)c1ccc(-c2cc(=O)c3cccc(Cl)c3o2)c(OC2CC(C(=O)O)C2)c1. The van der Waals surface area contributed by atoms with Gasteiger partial charge in [0.25, 0.3) is 0 Å². The normalized spacial score (nSPS) is 18.6. The van der Waals surface area contributed by atoms with E-state index in [0.29, 0.717) is 45.9 Å². The van der Waals surface area contributed by atoms with Gasteiger partial charge in [-0.1, -0.05) is 37.6 Å². The number of hydrogen-bond donors (Lipinski definition) is 1. The number of carboxylic acids is 1. The number of carbonyl (C=O) groups is 1. The maximum atomic E-state index is 12.6. The zero-order valence-electron chi connectivity index (χ0n) is 16.1. The van der Waals surface area contributed by atoms with Crippen molar-refractivity contribution in [3.63, 3.8) is 0 Å². The van der Waals surface area contributed by atoms with E-state index in [1.54, 1.807) is 18.2 Å². The van der Waals surface area contributed by atoms with E-state index in [0.717, 1.165) is 5.56 Å². The summed E-state index contributed by atoms with van der Waals surface area (Å²) in [5.41, 5.74) is 1.88. The van der Waals surface area contributed by atoms with Gasteiger partial charge < -0.3 is 14.3 Å². The summed E-state index contributed by atoms with van der Waals surface area (Å²) in [5, 5.41) is 9.89. The molecule has 0 unspecified atom stereocenters. The van der Waals surface area contributed by atoms with Gasteiger partial charge in [0, 0.05) is 6.07 Å². The molecule has 0 spiro atoms. The van der Waals surface area contributed by atoms with E-state index in [2.05, 4.69) is 13.8 Å². The van der Waals surface area contributed by atoms with E-state index in [1.807, 2.05) is 18.2 Å². The maximum absolute atomic E-state index is 12.6. The summed E-state index contributed by atoms with van der Waals surface area (Å²) in [5.74, 6) is 0.0810. The highest BCUT2D eigenvalue weighted by atomic mass is 35.5. The fraction of sp³-hybridized carbons (Fsp3) is 0.304. The van der Waals surface area contributed by atoms with Crippen LogP contribution in [0.5, 0.6) is 5.75 Å². The average molecular weight is 413 g/mol. The van der Waals surface area contributed by atoms with E-state index < -0.39 is 5.97 Å². The first-order valence-electron chi connectivity index (χ1n) is 9.59. The van der Waals surface area contributed by atoms with Crippen molar-refractivity contribution in [3.8, 4) is 17.1 Å². The molecule has 1 aliphatic rings. The van der Waals surface area contributed by atoms with Crippen molar-refractivity contribution in [2.45, 2.75) is 38.7 Å². The molecule has 0 aliphatic heterocycles. The van der Waals surface area contributed by atoms with Crippen LogP contribution in [-0.2, 0) is 4.79 Å². The second-order valence-electron chi connectivity index (χ2n) is 7.75. The first-order chi connectivity index (χ1) is 13.8. The second-order valence-corrected chi connectivity index (χ2v) is 8.16. The van der Waals surface area contributed by atoms with Gasteiger partial charge in [-0.3, -0.25) is 9.59 Å². The molecule has 6 heteroatoms. The Bertz CT molecular complexity index is 1140. The quantitative estimate of drug-likeness (QED) is 0.600. The Balaban J connectivity index is 1.77. The summed E-state index contributed by atoms with van der Waals surface area (Å²) in [6, 6.07) is 12.3. The topological polar surface area (TPSA) is 76.7 Å². The first-order valence-corrected chi connectivity index (χ1v) is 9.97. The van der Waals surface area contributed by atoms with E-state index in [9.17, 15) is 9.59 Å². The fourth-order valence-electron chi connectivity index (χ4n) is 3.52. The summed E-state index contributed by atoms with van der Waals surface area (Å²) in [4.78, 5) is 23.7. The molecule has 1 saturated carbocycles. The number of halogens is 1. The van der Waals surface area contributed by atoms with Gasteiger partial charge in [0.05, 0.1) is 21.9 Å². The van der Waals surface area contributed by atoms with Gasteiger partial charge in [0.2, 0.25) is 0 Å². The van der Waals surface area contributed by atoms with Crippen LogP contribution < -0.4 is 10.2 Å². The molecule has 29 heavy (non-hydrogen) atoms. The third kappa shape index (κ3) is 3.75. The number of aliphatic carboxylic acids is 1. The number of para-hydroxylation sites is 1. The van der Waals surface area contributed by atoms with Crippen molar-refractivity contribution >= 4 is 28.5 Å². The molecule has 0 radical (unpaired) electrons. The zero-order chi connectivity index (χ0) is 20.7. The minimum absolute atomic E-state index is 0.173. The number of fused-ring (bicyclic) bond motifs is 1. The largest absolute Gasteiger partial charge is 0.490 e. The smallest absolute Gasteiger partial charge is 0.306 e. The van der Waals surface area contributed by atoms with Gasteiger partial charge in [0.15, 0.2) is 11.0 Å². The highest BCUT2D eigenvalue weighted by Gasteiger charge is 2.36. The van der Waals surface area contributed by atoms with Crippen molar-refractivity contribution < 1.29 is 19.1 Å². The van der Waals surface area contributed by atoms with Crippen LogP contribution in [0.4, 0.5) is 0 Å². The highest BCUT2D eigenvalue weighted by Crippen LogP contribution is 2.38. The molecule has 1 N–H and O–H groups in total. The zero-order valence-corrected chi connectivity index (χ0v) is 16.9. The number of rotatable bonds is 5. The highest BCUT2D eigenvalue weighted by molar-refractivity contribution is 6.34. The Morgan fingerprint density at radius 2 is 1.97 bits per heavy atom. The second kappa shape index (κ2) is 7.56. The molecule has 1 aliphatic carbocycles. The molecular formula is C23H21ClO5. The molecule has 3 aromatic rings. The molecule has 2 aromatic carbocycles. The van der Waals surface area contributed by atoms with Crippen LogP contribution in [0, 0.1) is 5.92 Å². The monoisotopic (exact) mass is 412 g/mol. The van der Waals surface area contributed by atoms with E-state index in [4.69, 9.17) is 25.9 Å². The van der Waals surface area contributed by atoms with Crippen LogP contribution in [-0.4, -0.2) is 17.2 Å². The van der Waals surface area contributed by atoms with Crippen LogP contribution in [0.1, 0.15) is 38.2 Å². The number of ether oxygens (including phenoxy) is 1. The van der Waals surface area contributed by atoms with Gasteiger partial charge in [-0.15, -0.1) is 0 Å². The van der Waals surface area contributed by atoms with E-state index in [1.165, 1.54) is 6.07 Å². The summed E-state index contributed by atoms with van der Waals surface area (Å²) < 4.78 is 12.1. The Kier molecular flexibility index (Phi) is 5.09. The van der Waals surface area contributed by atoms with Crippen molar-refractivity contribution in [1.82, 2.24) is 0 Å². The number of hydrogen-bond acceptors (Lipinski definition) is 4. The minimum Gasteiger partial charge on any atom is -0.490 e. The van der Waals surface area contributed by atoms with E-state index in [-0.39, 0.29) is 23.4 Å². The molecule has 0 bridgehead atoms. The molecular weight excluding hydrogens is 392 g/mol. The van der Waals surface area contributed by atoms with Crippen molar-refractivity contribution in [3.05, 3.63) is 63.3 Å². The third-order valence-corrected chi connectivity index (χ3v) is 5.68. The van der Waals surface area contributed by atoms with Gasteiger partial charge >= 0.3 is 5.97 Å². The summed E-state index contributed by atoms with van der Waals surface area (Å²) in [7, 11) is 0. The molecule has 0 saturated heterocycles. The summed E-state index contributed by atoms with van der Waals surface area (Å²) >= 11 is 6.24. The Hall–Kier alpha value is -2.79. The lowest BCUT2D eigenvalue weighted by Gasteiger charge is -2.33. The van der Waals surface area contributed by atoms with Crippen LogP contribution >= 0.6 is 11.6 Å². The average Bonchev–Trinajstić information content (AvgIpc) is 2.64. The van der Waals surface area contributed by atoms with Crippen molar-refractivity contribution in [1.29, 1.82) is 0 Å². The minimum atomic E-state index is -0.795. The predicted molar refractivity (Wildman–Crippen MR) is 112 cm³/mol. The lowest BCUT2D eigenvalue weighted by molar-refractivity contribution is -0.147. The van der Waals surface area contributed by atoms with Gasteiger partial charge in [-0.2, -0.15) is 0 Å². The summed E-state index contributed by atoms with van der Waals surface area (Å²) in [6.07, 6.45) is 0.760. The summed E-state index contributed by atoms with van der Waals surface area (Å²) in [6.45, 7) is 4.16. The molecule has 1 fully saturated rings. The van der Waals surface area contributed by atoms with Crippen LogP contribution in [0.2, 0.25) is 5.02 Å². The lowest BCUT2D eigenvalue weighted by Crippen LogP contribution is -2.38. The first kappa shape index (κ1) is 19.5. The van der Waals surface area contributed by atoms with Crippen LogP contribution in [0.15, 0.2) is 51.7 Å². The molecule has 1 aromatic heterocycles. The molecule has 150 valence electrons. The van der Waals surface area contributed by atoms with Crippen molar-refractivity contribution in [2.75, 3.05) is 0 Å². The third-order valence-electron chi connectivity index (χ3n) is 5.38. The number of benzene rings is 2. The van der Waals surface area contributed by atoms with Gasteiger partial charge in [-0.05, 0) is 48.6 Å². The molecule has 1 heterocycles. The Morgan fingerprint density at radius 3 is 2.66 bits per heavy atom. The van der Waals surface area contributed by atoms with Crippen molar-refractivity contribution in [2.24, 2.45) is 5.92 Å². The Morgan fingerprint density at radius 1 is 1.21 bits per heavy atom. The molecule has 0 amide bonds. The molecule has 0 atom stereocenters. The fourth-order valence-corrected chi connectivity index (χ4v) is 3.73. The standard InChI is InChI=1S/C23H21ClO5/c1-12(2)13-6-7-17(20(10-13)28-15-8-14(9-15)23(26)27)21-11-19(25)16-4-3-5-18(24)22(16)29-21/h3-7,10-12,14-15H,8-9H2,1-2H3,(H,26,27). The van der Waals surface area contributed by atoms with Crippen LogP contribution in [0.25, 0.3) is 22.3 Å². The van der Waals surface area contributed by atoms with Crippen LogP contribution in [0.3, 0.4) is 0 Å². The Labute approximate surface area is 172 Å². The predicted octanol–water partition coefficient (Wildman–Crippen LogP) is 5.48. The number of carboxylic acid groups (broad SMARTS) is 1. The van der Waals surface area contributed by atoms with Gasteiger partial charge in [0.1, 0.15) is 17.6 Å².